The molecule has 0 spiro atoms. The lowest BCUT2D eigenvalue weighted by atomic mass is 10.1. The number of ether oxygens (including phenoxy) is 1. The van der Waals surface area contributed by atoms with Gasteiger partial charge in [0.2, 0.25) is 0 Å². The Morgan fingerprint density at radius 1 is 1.20 bits per heavy atom. The number of hydrogen-bond donors (Lipinski definition) is 1. The first-order valence-corrected chi connectivity index (χ1v) is 5.19. The van der Waals surface area contributed by atoms with Crippen molar-refractivity contribution in [3.05, 3.63) is 42.0 Å². The molecule has 0 heterocycles. The first-order chi connectivity index (χ1) is 7.35. The van der Waals surface area contributed by atoms with Gasteiger partial charge < -0.3 is 10.5 Å². The van der Waals surface area contributed by atoms with Gasteiger partial charge in [0.1, 0.15) is 5.75 Å². The van der Waals surface area contributed by atoms with Crippen molar-refractivity contribution in [3.8, 4) is 5.75 Å². The summed E-state index contributed by atoms with van der Waals surface area (Å²) < 4.78 is 5.58. The van der Waals surface area contributed by atoms with Crippen LogP contribution in [0.4, 0.5) is 0 Å². The Hall–Kier alpha value is -1.54. The average Bonchev–Trinajstić information content (AvgIpc) is 2.29. The maximum Gasteiger partial charge on any atom is 0.127 e. The zero-order valence-corrected chi connectivity index (χ0v) is 8.86. The van der Waals surface area contributed by atoms with E-state index in [1.165, 1.54) is 5.39 Å². The highest BCUT2D eigenvalue weighted by Crippen LogP contribution is 2.26. The van der Waals surface area contributed by atoms with E-state index in [1.54, 1.807) is 0 Å². The van der Waals surface area contributed by atoms with Crippen LogP contribution in [0.15, 0.2) is 36.4 Å². The minimum absolute atomic E-state index is 0.566. The largest absolute Gasteiger partial charge is 0.493 e. The van der Waals surface area contributed by atoms with Gasteiger partial charge in [-0.2, -0.15) is 0 Å². The third-order valence-electron chi connectivity index (χ3n) is 2.44. The lowest BCUT2D eigenvalue weighted by Crippen LogP contribution is -1.97. The fourth-order valence-corrected chi connectivity index (χ4v) is 1.70. The maximum absolute atomic E-state index is 5.62. The zero-order valence-electron chi connectivity index (χ0n) is 8.86. The van der Waals surface area contributed by atoms with Crippen molar-refractivity contribution in [1.82, 2.24) is 0 Å². The molecule has 0 atom stereocenters. The van der Waals surface area contributed by atoms with Crippen LogP contribution in [0.5, 0.6) is 5.75 Å². The maximum atomic E-state index is 5.62. The van der Waals surface area contributed by atoms with Crippen LogP contribution >= 0.6 is 0 Å². The number of nitrogens with two attached hydrogens (primary N) is 1. The normalized spacial score (nSPS) is 10.5. The zero-order chi connectivity index (χ0) is 10.7. The Morgan fingerprint density at radius 2 is 2.07 bits per heavy atom. The molecule has 0 aliphatic rings. The van der Waals surface area contributed by atoms with E-state index in [0.29, 0.717) is 13.2 Å². The molecule has 0 radical (unpaired) electrons. The summed E-state index contributed by atoms with van der Waals surface area (Å²) in [7, 11) is 0. The fourth-order valence-electron chi connectivity index (χ4n) is 1.70. The van der Waals surface area contributed by atoms with Crippen LogP contribution in [0.3, 0.4) is 0 Å². The van der Waals surface area contributed by atoms with Crippen LogP contribution in [-0.4, -0.2) is 6.61 Å². The molecule has 0 saturated heterocycles. The second-order valence-electron chi connectivity index (χ2n) is 3.45. The van der Waals surface area contributed by atoms with Gasteiger partial charge in [-0.1, -0.05) is 24.3 Å². The molecule has 0 amide bonds. The smallest absolute Gasteiger partial charge is 0.127 e. The summed E-state index contributed by atoms with van der Waals surface area (Å²) in [4.78, 5) is 0. The van der Waals surface area contributed by atoms with Crippen LogP contribution in [-0.2, 0) is 6.54 Å². The van der Waals surface area contributed by atoms with E-state index < -0.39 is 0 Å². The second-order valence-corrected chi connectivity index (χ2v) is 3.45. The molecule has 2 nitrogen and oxygen atoms in total. The molecule has 0 aliphatic carbocycles. The number of benzene rings is 2. The molecule has 2 heteroatoms. The van der Waals surface area contributed by atoms with E-state index in [9.17, 15) is 0 Å². The highest BCUT2D eigenvalue weighted by Gasteiger charge is 2.01. The van der Waals surface area contributed by atoms with Crippen LogP contribution in [0.25, 0.3) is 10.8 Å². The van der Waals surface area contributed by atoms with Crippen molar-refractivity contribution < 1.29 is 4.74 Å². The molecule has 0 bridgehead atoms. The molecule has 0 aromatic heterocycles. The standard InChI is InChI=1S/C13H15NO/c1-2-15-13-5-3-4-11-7-6-10(9-14)8-12(11)13/h3-8H,2,9,14H2,1H3. The molecule has 15 heavy (non-hydrogen) atoms. The Labute approximate surface area is 89.7 Å². The van der Waals surface area contributed by atoms with Gasteiger partial charge in [0.25, 0.3) is 0 Å². The highest BCUT2D eigenvalue weighted by molar-refractivity contribution is 5.88. The van der Waals surface area contributed by atoms with E-state index in [0.717, 1.165) is 16.7 Å². The van der Waals surface area contributed by atoms with Crippen LogP contribution in [0.1, 0.15) is 12.5 Å². The quantitative estimate of drug-likeness (QED) is 0.828. The molecule has 0 saturated carbocycles. The summed E-state index contributed by atoms with van der Waals surface area (Å²) in [5.74, 6) is 0.935. The fraction of sp³-hybridized carbons (Fsp3) is 0.231. The molecule has 2 aromatic carbocycles. The molecule has 0 unspecified atom stereocenters. The summed E-state index contributed by atoms with van der Waals surface area (Å²) >= 11 is 0. The third-order valence-corrected chi connectivity index (χ3v) is 2.44. The first-order valence-electron chi connectivity index (χ1n) is 5.19. The topological polar surface area (TPSA) is 35.2 Å². The predicted molar refractivity (Wildman–Crippen MR) is 63.0 cm³/mol. The predicted octanol–water partition coefficient (Wildman–Crippen LogP) is 2.70. The Bertz CT molecular complexity index is 465. The molecule has 2 N–H and O–H groups in total. The molecular weight excluding hydrogens is 186 g/mol. The number of fused-ring (bicyclic) bond motifs is 1. The molecule has 0 fully saturated rings. The lowest BCUT2D eigenvalue weighted by Gasteiger charge is -2.08. The van der Waals surface area contributed by atoms with Crippen molar-refractivity contribution >= 4 is 10.8 Å². The van der Waals surface area contributed by atoms with Crippen LogP contribution in [0, 0.1) is 0 Å². The van der Waals surface area contributed by atoms with Crippen molar-refractivity contribution in [2.45, 2.75) is 13.5 Å². The molecular formula is C13H15NO. The Kier molecular flexibility index (Phi) is 2.88. The molecule has 2 rings (SSSR count). The van der Waals surface area contributed by atoms with E-state index in [-0.39, 0.29) is 0 Å². The van der Waals surface area contributed by atoms with Gasteiger partial charge in [0, 0.05) is 11.9 Å². The van der Waals surface area contributed by atoms with Gasteiger partial charge in [-0.15, -0.1) is 0 Å². The molecule has 78 valence electrons. The van der Waals surface area contributed by atoms with E-state index in [1.807, 2.05) is 19.1 Å². The minimum Gasteiger partial charge on any atom is -0.493 e. The number of rotatable bonds is 3. The lowest BCUT2D eigenvalue weighted by molar-refractivity contribution is 0.344. The van der Waals surface area contributed by atoms with Crippen LogP contribution in [0.2, 0.25) is 0 Å². The van der Waals surface area contributed by atoms with Gasteiger partial charge in [-0.25, -0.2) is 0 Å². The van der Waals surface area contributed by atoms with Crippen molar-refractivity contribution in [2.24, 2.45) is 5.73 Å². The summed E-state index contributed by atoms with van der Waals surface area (Å²) in [6.07, 6.45) is 0. The summed E-state index contributed by atoms with van der Waals surface area (Å²) in [6, 6.07) is 12.3. The molecule has 2 aromatic rings. The van der Waals surface area contributed by atoms with Crippen LogP contribution < -0.4 is 10.5 Å². The van der Waals surface area contributed by atoms with Gasteiger partial charge in [-0.05, 0) is 30.0 Å². The highest BCUT2D eigenvalue weighted by atomic mass is 16.5. The Morgan fingerprint density at radius 3 is 2.80 bits per heavy atom. The summed E-state index contributed by atoms with van der Waals surface area (Å²) in [5.41, 5.74) is 6.76. The molecule has 0 aliphatic heterocycles. The average molecular weight is 201 g/mol. The van der Waals surface area contributed by atoms with Gasteiger partial charge >= 0.3 is 0 Å². The minimum atomic E-state index is 0.566. The van der Waals surface area contributed by atoms with E-state index >= 15 is 0 Å². The van der Waals surface area contributed by atoms with Gasteiger partial charge in [0.15, 0.2) is 0 Å². The Balaban J connectivity index is 2.59. The first kappa shape index (κ1) is 9.99. The van der Waals surface area contributed by atoms with E-state index in [2.05, 4.69) is 24.3 Å². The summed E-state index contributed by atoms with van der Waals surface area (Å²) in [5, 5.41) is 2.33. The third kappa shape index (κ3) is 1.95. The van der Waals surface area contributed by atoms with Crippen molar-refractivity contribution in [1.29, 1.82) is 0 Å². The van der Waals surface area contributed by atoms with E-state index in [4.69, 9.17) is 10.5 Å². The summed E-state index contributed by atoms with van der Waals surface area (Å²) in [6.45, 7) is 3.24. The monoisotopic (exact) mass is 201 g/mol. The SMILES string of the molecule is CCOc1cccc2ccc(CN)cc12. The second kappa shape index (κ2) is 4.32. The van der Waals surface area contributed by atoms with Crippen molar-refractivity contribution in [3.63, 3.8) is 0 Å². The van der Waals surface area contributed by atoms with Gasteiger partial charge in [0.05, 0.1) is 6.61 Å². The number of hydrogen-bond acceptors (Lipinski definition) is 2. The van der Waals surface area contributed by atoms with Gasteiger partial charge in [-0.3, -0.25) is 0 Å². The van der Waals surface area contributed by atoms with Crippen molar-refractivity contribution in [2.75, 3.05) is 6.61 Å².